The number of nitrogens with two attached hydrogens (primary N) is 1. The Morgan fingerprint density at radius 2 is 2.05 bits per heavy atom. The van der Waals surface area contributed by atoms with Gasteiger partial charge < -0.3 is 10.6 Å². The van der Waals surface area contributed by atoms with E-state index in [2.05, 4.69) is 10.6 Å². The van der Waals surface area contributed by atoms with Gasteiger partial charge in [-0.15, -0.1) is 0 Å². The number of sulfonamides is 1. The maximum Gasteiger partial charge on any atom is 0.243 e. The predicted molar refractivity (Wildman–Crippen MR) is 83.5 cm³/mol. The van der Waals surface area contributed by atoms with Crippen LogP contribution in [0.15, 0.2) is 29.2 Å². The van der Waals surface area contributed by atoms with Gasteiger partial charge in [-0.2, -0.15) is 11.8 Å². The van der Waals surface area contributed by atoms with E-state index in [1.165, 1.54) is 12.1 Å². The molecular weight excluding hydrogens is 326 g/mol. The Kier molecular flexibility index (Phi) is 5.43. The van der Waals surface area contributed by atoms with Crippen LogP contribution in [0, 0.1) is 0 Å². The summed E-state index contributed by atoms with van der Waals surface area (Å²) in [6.45, 7) is 0.251. The van der Waals surface area contributed by atoms with Gasteiger partial charge in [0.1, 0.15) is 6.04 Å². The molecule has 1 aliphatic rings. The van der Waals surface area contributed by atoms with Crippen LogP contribution in [0.5, 0.6) is 0 Å². The highest BCUT2D eigenvalue weighted by Gasteiger charge is 2.23. The Balaban J connectivity index is 1.92. The summed E-state index contributed by atoms with van der Waals surface area (Å²) in [6.07, 6.45) is 0.420. The lowest BCUT2D eigenvalue weighted by atomic mass is 10.2. The van der Waals surface area contributed by atoms with E-state index >= 15 is 0 Å². The average molecular weight is 343 g/mol. The fourth-order valence-corrected chi connectivity index (χ4v) is 3.41. The minimum atomic E-state index is -3.72. The second kappa shape index (κ2) is 7.12. The molecule has 0 bridgehead atoms. The molecular formula is C13H17N3O4S2. The molecule has 1 unspecified atom stereocenters. The lowest BCUT2D eigenvalue weighted by molar-refractivity contribution is -0.128. The van der Waals surface area contributed by atoms with Gasteiger partial charge in [0.15, 0.2) is 0 Å². The molecule has 1 aromatic carbocycles. The summed E-state index contributed by atoms with van der Waals surface area (Å²) < 4.78 is 22.3. The Bertz CT molecular complexity index is 658. The zero-order valence-electron chi connectivity index (χ0n) is 11.7. The molecule has 1 heterocycles. The second-order valence-corrected chi connectivity index (χ2v) is 7.56. The molecule has 120 valence electrons. The van der Waals surface area contributed by atoms with Crippen molar-refractivity contribution in [3.63, 3.8) is 0 Å². The summed E-state index contributed by atoms with van der Waals surface area (Å²) in [5.41, 5.74) is 0.744. The van der Waals surface area contributed by atoms with Gasteiger partial charge in [0, 0.05) is 24.5 Å². The standard InChI is InChI=1S/C13H17N3O4S2/c14-22(19,20)10-3-1-9(2-4-10)7-15-13(18)11-8-21-6-5-12(17)16-11/h1-4,11H,5-8H2,(H,15,18)(H,16,17)(H2,14,19,20). The van der Waals surface area contributed by atoms with E-state index in [9.17, 15) is 18.0 Å². The van der Waals surface area contributed by atoms with Crippen molar-refractivity contribution in [3.05, 3.63) is 29.8 Å². The predicted octanol–water partition coefficient (Wildman–Crippen LogP) is -0.428. The number of amides is 2. The van der Waals surface area contributed by atoms with Crippen LogP contribution in [0.25, 0.3) is 0 Å². The molecule has 1 atom stereocenters. The molecule has 4 N–H and O–H groups in total. The molecule has 2 rings (SSSR count). The number of nitrogens with one attached hydrogen (secondary N) is 2. The number of rotatable bonds is 4. The SMILES string of the molecule is NS(=O)(=O)c1ccc(CNC(=O)C2CSCCC(=O)N2)cc1. The third-order valence-corrected chi connectivity index (χ3v) is 5.12. The molecule has 9 heteroatoms. The Morgan fingerprint density at radius 3 is 2.68 bits per heavy atom. The molecule has 2 amide bonds. The van der Waals surface area contributed by atoms with Gasteiger partial charge in [0.2, 0.25) is 21.8 Å². The Morgan fingerprint density at radius 1 is 1.36 bits per heavy atom. The van der Waals surface area contributed by atoms with Gasteiger partial charge in [-0.05, 0) is 17.7 Å². The van der Waals surface area contributed by atoms with Gasteiger partial charge in [-0.3, -0.25) is 9.59 Å². The van der Waals surface area contributed by atoms with E-state index in [0.29, 0.717) is 17.9 Å². The highest BCUT2D eigenvalue weighted by molar-refractivity contribution is 7.99. The monoisotopic (exact) mass is 343 g/mol. The number of hydrogen-bond donors (Lipinski definition) is 3. The summed E-state index contributed by atoms with van der Waals surface area (Å²) in [4.78, 5) is 23.5. The fourth-order valence-electron chi connectivity index (χ4n) is 1.92. The number of benzene rings is 1. The van der Waals surface area contributed by atoms with E-state index in [1.54, 1.807) is 23.9 Å². The Labute approximate surface area is 133 Å². The maximum absolute atomic E-state index is 12.0. The first-order valence-electron chi connectivity index (χ1n) is 6.63. The summed E-state index contributed by atoms with van der Waals surface area (Å²) >= 11 is 1.56. The van der Waals surface area contributed by atoms with Crippen molar-refractivity contribution in [1.29, 1.82) is 0 Å². The van der Waals surface area contributed by atoms with Crippen molar-refractivity contribution in [1.82, 2.24) is 10.6 Å². The smallest absolute Gasteiger partial charge is 0.243 e. The van der Waals surface area contributed by atoms with Crippen LogP contribution >= 0.6 is 11.8 Å². The topological polar surface area (TPSA) is 118 Å². The van der Waals surface area contributed by atoms with Crippen LogP contribution in [0.3, 0.4) is 0 Å². The molecule has 7 nitrogen and oxygen atoms in total. The van der Waals surface area contributed by atoms with Crippen molar-refractivity contribution in [2.75, 3.05) is 11.5 Å². The molecule has 0 saturated carbocycles. The zero-order valence-corrected chi connectivity index (χ0v) is 13.4. The van der Waals surface area contributed by atoms with Gasteiger partial charge in [-0.25, -0.2) is 13.6 Å². The highest BCUT2D eigenvalue weighted by atomic mass is 32.2. The van der Waals surface area contributed by atoms with Crippen LogP contribution in [0.2, 0.25) is 0 Å². The normalized spacial score (nSPS) is 19.1. The minimum Gasteiger partial charge on any atom is -0.350 e. The first-order valence-corrected chi connectivity index (χ1v) is 9.33. The molecule has 0 radical (unpaired) electrons. The zero-order chi connectivity index (χ0) is 16.2. The lowest BCUT2D eigenvalue weighted by Gasteiger charge is -2.15. The fraction of sp³-hybridized carbons (Fsp3) is 0.385. The maximum atomic E-state index is 12.0. The minimum absolute atomic E-state index is 0.0232. The molecule has 1 fully saturated rings. The molecule has 1 aliphatic heterocycles. The van der Waals surface area contributed by atoms with Crippen molar-refractivity contribution in [2.24, 2.45) is 5.14 Å². The molecule has 1 aromatic rings. The Hall–Kier alpha value is -1.58. The number of primary sulfonamides is 1. The van der Waals surface area contributed by atoms with Gasteiger partial charge in [0.05, 0.1) is 4.90 Å². The van der Waals surface area contributed by atoms with Gasteiger partial charge in [-0.1, -0.05) is 12.1 Å². The number of carbonyl (C=O) groups excluding carboxylic acids is 2. The van der Waals surface area contributed by atoms with Gasteiger partial charge in [0.25, 0.3) is 0 Å². The van der Waals surface area contributed by atoms with Crippen LogP contribution in [-0.2, 0) is 26.2 Å². The largest absolute Gasteiger partial charge is 0.350 e. The quantitative estimate of drug-likeness (QED) is 0.686. The number of carbonyl (C=O) groups is 2. The van der Waals surface area contributed by atoms with Gasteiger partial charge >= 0.3 is 0 Å². The molecule has 22 heavy (non-hydrogen) atoms. The van der Waals surface area contributed by atoms with Crippen molar-refractivity contribution >= 4 is 33.6 Å². The van der Waals surface area contributed by atoms with E-state index in [0.717, 1.165) is 5.56 Å². The van der Waals surface area contributed by atoms with Crippen LogP contribution in [0.4, 0.5) is 0 Å². The van der Waals surface area contributed by atoms with E-state index < -0.39 is 16.1 Å². The third kappa shape index (κ3) is 4.72. The lowest BCUT2D eigenvalue weighted by Crippen LogP contribution is -2.47. The molecule has 0 aromatic heterocycles. The summed E-state index contributed by atoms with van der Waals surface area (Å²) in [7, 11) is -3.72. The van der Waals surface area contributed by atoms with Crippen molar-refractivity contribution in [2.45, 2.75) is 23.9 Å². The number of hydrogen-bond acceptors (Lipinski definition) is 5. The number of thioether (sulfide) groups is 1. The van der Waals surface area contributed by atoms with Crippen LogP contribution < -0.4 is 15.8 Å². The second-order valence-electron chi connectivity index (χ2n) is 4.85. The van der Waals surface area contributed by atoms with Crippen molar-refractivity contribution in [3.8, 4) is 0 Å². The third-order valence-electron chi connectivity index (χ3n) is 3.13. The summed E-state index contributed by atoms with van der Waals surface area (Å²) in [6, 6.07) is 5.41. The van der Waals surface area contributed by atoms with Crippen molar-refractivity contribution < 1.29 is 18.0 Å². The molecule has 0 aliphatic carbocycles. The van der Waals surface area contributed by atoms with Crippen LogP contribution in [-0.4, -0.2) is 37.8 Å². The van der Waals surface area contributed by atoms with Crippen LogP contribution in [0.1, 0.15) is 12.0 Å². The highest BCUT2D eigenvalue weighted by Crippen LogP contribution is 2.11. The molecule has 1 saturated heterocycles. The first kappa shape index (κ1) is 16.8. The van der Waals surface area contributed by atoms with E-state index in [-0.39, 0.29) is 23.3 Å². The van der Waals surface area contributed by atoms with E-state index in [1.807, 2.05) is 0 Å². The first-order chi connectivity index (χ1) is 10.4. The molecule has 0 spiro atoms. The summed E-state index contributed by atoms with van der Waals surface area (Å²) in [5.74, 6) is 0.882. The average Bonchev–Trinajstić information content (AvgIpc) is 2.69. The van der Waals surface area contributed by atoms with E-state index in [4.69, 9.17) is 5.14 Å². The summed E-state index contributed by atoms with van der Waals surface area (Å²) in [5, 5.41) is 10.4.